The number of para-hydroxylation sites is 1. The highest BCUT2D eigenvalue weighted by Gasteiger charge is 2.31. The molecular weight excluding hydrogens is 472 g/mol. The number of hydrogen-bond acceptors (Lipinski definition) is 6. The molecule has 176 valence electrons. The Bertz CT molecular complexity index is 1430. The van der Waals surface area contributed by atoms with Crippen molar-refractivity contribution in [2.75, 3.05) is 14.2 Å². The van der Waals surface area contributed by atoms with Crippen LogP contribution in [0.5, 0.6) is 0 Å². The Balaban J connectivity index is 1.84. The quantitative estimate of drug-likeness (QED) is 0.373. The van der Waals surface area contributed by atoms with Gasteiger partial charge < -0.3 is 14.6 Å². The summed E-state index contributed by atoms with van der Waals surface area (Å²) in [5, 5.41) is 13.9. The van der Waals surface area contributed by atoms with Crippen LogP contribution in [0.3, 0.4) is 0 Å². The Morgan fingerprint density at radius 3 is 2.00 bits per heavy atom. The third-order valence-electron chi connectivity index (χ3n) is 5.35. The van der Waals surface area contributed by atoms with Crippen LogP contribution in [0.15, 0.2) is 72.8 Å². The molecule has 0 unspecified atom stereocenters. The van der Waals surface area contributed by atoms with Gasteiger partial charge in [0.05, 0.1) is 30.5 Å². The largest absolute Gasteiger partial charge is 0.478 e. The van der Waals surface area contributed by atoms with Gasteiger partial charge in [0.1, 0.15) is 11.3 Å². The van der Waals surface area contributed by atoms with E-state index in [1.807, 2.05) is 6.07 Å². The summed E-state index contributed by atoms with van der Waals surface area (Å²) < 4.78 is 11.2. The molecular formula is C26H19ClN2O6. The predicted octanol–water partition coefficient (Wildman–Crippen LogP) is 5.13. The first kappa shape index (κ1) is 23.7. The lowest BCUT2D eigenvalue weighted by molar-refractivity contribution is 0.0549. The van der Waals surface area contributed by atoms with Crippen LogP contribution in [0.2, 0.25) is 5.02 Å². The fraction of sp³-hybridized carbons (Fsp3) is 0.0769. The minimum atomic E-state index is -1.11. The number of rotatable bonds is 6. The molecule has 0 amide bonds. The predicted molar refractivity (Wildman–Crippen MR) is 129 cm³/mol. The highest BCUT2D eigenvalue weighted by atomic mass is 35.5. The van der Waals surface area contributed by atoms with E-state index < -0.39 is 17.9 Å². The summed E-state index contributed by atoms with van der Waals surface area (Å²) in [4.78, 5) is 36.7. The maximum atomic E-state index is 12.8. The van der Waals surface area contributed by atoms with E-state index in [4.69, 9.17) is 21.1 Å². The molecule has 1 heterocycles. The van der Waals surface area contributed by atoms with Gasteiger partial charge in [0.2, 0.25) is 0 Å². The highest BCUT2D eigenvalue weighted by Crippen LogP contribution is 2.32. The van der Waals surface area contributed by atoms with Gasteiger partial charge in [0, 0.05) is 5.56 Å². The molecule has 8 nitrogen and oxygen atoms in total. The summed E-state index contributed by atoms with van der Waals surface area (Å²) in [5.74, 6) is -2.58. The number of carbonyl (C=O) groups is 3. The van der Waals surface area contributed by atoms with Gasteiger partial charge in [-0.3, -0.25) is 0 Å². The Kier molecular flexibility index (Phi) is 6.66. The molecule has 0 aliphatic heterocycles. The number of aromatic carboxylic acids is 1. The zero-order chi connectivity index (χ0) is 25.1. The van der Waals surface area contributed by atoms with Crippen molar-refractivity contribution < 1.29 is 29.0 Å². The van der Waals surface area contributed by atoms with E-state index in [1.165, 1.54) is 25.0 Å². The van der Waals surface area contributed by atoms with Gasteiger partial charge in [-0.25, -0.2) is 19.1 Å². The van der Waals surface area contributed by atoms with Gasteiger partial charge >= 0.3 is 17.9 Å². The molecule has 1 N–H and O–H groups in total. The summed E-state index contributed by atoms with van der Waals surface area (Å²) in [6.07, 6.45) is 0. The third-order valence-corrected chi connectivity index (χ3v) is 5.66. The second kappa shape index (κ2) is 9.82. The molecule has 4 rings (SSSR count). The summed E-state index contributed by atoms with van der Waals surface area (Å²) in [6, 6.07) is 20.6. The van der Waals surface area contributed by atoms with Gasteiger partial charge in [-0.2, -0.15) is 5.10 Å². The second-order valence-corrected chi connectivity index (χ2v) is 7.79. The molecule has 0 aliphatic rings. The topological polar surface area (TPSA) is 108 Å². The minimum absolute atomic E-state index is 0.0107. The van der Waals surface area contributed by atoms with Crippen molar-refractivity contribution in [1.29, 1.82) is 0 Å². The Morgan fingerprint density at radius 1 is 0.829 bits per heavy atom. The molecule has 4 aromatic rings. The molecule has 0 radical (unpaired) electrons. The van der Waals surface area contributed by atoms with E-state index in [0.29, 0.717) is 16.8 Å². The van der Waals surface area contributed by atoms with Crippen molar-refractivity contribution in [2.24, 2.45) is 0 Å². The molecule has 0 fully saturated rings. The molecule has 0 atom stereocenters. The summed E-state index contributed by atoms with van der Waals surface area (Å²) >= 11 is 6.11. The normalized spacial score (nSPS) is 10.6. The standard InChI is InChI=1S/C26H19ClN2O6/c1-34-25(32)21-22(28-29(23(21)26(33)35-2)18-6-4-3-5-7-18)16-10-8-15(9-11-16)17-12-13-19(24(30)31)20(27)14-17/h3-14H,1-2H3,(H,30,31). The summed E-state index contributed by atoms with van der Waals surface area (Å²) in [7, 11) is 2.45. The lowest BCUT2D eigenvalue weighted by Crippen LogP contribution is -2.15. The average Bonchev–Trinajstić information content (AvgIpc) is 3.29. The molecule has 9 heteroatoms. The van der Waals surface area contributed by atoms with E-state index in [1.54, 1.807) is 60.7 Å². The fourth-order valence-corrected chi connectivity index (χ4v) is 3.91. The zero-order valence-corrected chi connectivity index (χ0v) is 19.4. The van der Waals surface area contributed by atoms with E-state index in [-0.39, 0.29) is 27.5 Å². The number of methoxy groups -OCH3 is 2. The number of aromatic nitrogens is 2. The van der Waals surface area contributed by atoms with Crippen LogP contribution in [0.4, 0.5) is 0 Å². The smallest absolute Gasteiger partial charge is 0.357 e. The number of nitrogens with zero attached hydrogens (tertiary/aromatic N) is 2. The van der Waals surface area contributed by atoms with Crippen molar-refractivity contribution in [1.82, 2.24) is 9.78 Å². The van der Waals surface area contributed by atoms with Crippen LogP contribution in [-0.4, -0.2) is 47.0 Å². The number of halogens is 1. The molecule has 0 spiro atoms. The van der Waals surface area contributed by atoms with Crippen LogP contribution in [0, 0.1) is 0 Å². The van der Waals surface area contributed by atoms with Crippen LogP contribution in [-0.2, 0) is 9.47 Å². The van der Waals surface area contributed by atoms with Crippen LogP contribution in [0.1, 0.15) is 31.2 Å². The molecule has 35 heavy (non-hydrogen) atoms. The van der Waals surface area contributed by atoms with Crippen LogP contribution in [0.25, 0.3) is 28.1 Å². The number of esters is 2. The maximum absolute atomic E-state index is 12.8. The van der Waals surface area contributed by atoms with E-state index >= 15 is 0 Å². The van der Waals surface area contributed by atoms with Crippen molar-refractivity contribution in [3.8, 4) is 28.1 Å². The first-order valence-electron chi connectivity index (χ1n) is 10.3. The Hall–Kier alpha value is -4.43. The number of benzene rings is 3. The maximum Gasteiger partial charge on any atom is 0.357 e. The van der Waals surface area contributed by atoms with Crippen LogP contribution >= 0.6 is 11.6 Å². The van der Waals surface area contributed by atoms with Gasteiger partial charge in [-0.1, -0.05) is 60.1 Å². The van der Waals surface area contributed by atoms with Crippen molar-refractivity contribution in [2.45, 2.75) is 0 Å². The fourth-order valence-electron chi connectivity index (χ4n) is 3.65. The molecule has 0 saturated heterocycles. The number of carboxylic acids is 1. The van der Waals surface area contributed by atoms with Gasteiger partial charge in [-0.05, 0) is 35.4 Å². The minimum Gasteiger partial charge on any atom is -0.478 e. The first-order valence-corrected chi connectivity index (χ1v) is 10.7. The zero-order valence-electron chi connectivity index (χ0n) is 18.7. The lowest BCUT2D eigenvalue weighted by atomic mass is 10.00. The van der Waals surface area contributed by atoms with Crippen molar-refractivity contribution in [3.05, 3.63) is 94.6 Å². The number of hydrogen-bond donors (Lipinski definition) is 1. The number of carbonyl (C=O) groups excluding carboxylic acids is 2. The summed E-state index contributed by atoms with van der Waals surface area (Å²) in [6.45, 7) is 0. The molecule has 0 aliphatic carbocycles. The van der Waals surface area contributed by atoms with Crippen molar-refractivity contribution >= 4 is 29.5 Å². The lowest BCUT2D eigenvalue weighted by Gasteiger charge is -2.07. The van der Waals surface area contributed by atoms with Gasteiger partial charge in [-0.15, -0.1) is 0 Å². The number of carboxylic acid groups (broad SMARTS) is 1. The second-order valence-electron chi connectivity index (χ2n) is 7.38. The highest BCUT2D eigenvalue weighted by molar-refractivity contribution is 6.33. The molecule has 0 bridgehead atoms. The van der Waals surface area contributed by atoms with E-state index in [0.717, 1.165) is 5.56 Å². The summed E-state index contributed by atoms with van der Waals surface area (Å²) in [5.41, 5.74) is 2.78. The third kappa shape index (κ3) is 4.51. The SMILES string of the molecule is COC(=O)c1c(-c2ccc(-c3ccc(C(=O)O)c(Cl)c3)cc2)nn(-c2ccccc2)c1C(=O)OC. The number of ether oxygens (including phenoxy) is 2. The molecule has 0 saturated carbocycles. The monoisotopic (exact) mass is 490 g/mol. The molecule has 1 aromatic heterocycles. The Morgan fingerprint density at radius 2 is 1.43 bits per heavy atom. The average molecular weight is 491 g/mol. The van der Waals surface area contributed by atoms with Gasteiger partial charge in [0.15, 0.2) is 5.69 Å². The molecule has 3 aromatic carbocycles. The Labute approximate surface area is 205 Å². The first-order chi connectivity index (χ1) is 16.8. The van der Waals surface area contributed by atoms with Crippen LogP contribution < -0.4 is 0 Å². The van der Waals surface area contributed by atoms with Gasteiger partial charge in [0.25, 0.3) is 0 Å². The van der Waals surface area contributed by atoms with Crippen molar-refractivity contribution in [3.63, 3.8) is 0 Å². The van der Waals surface area contributed by atoms with E-state index in [9.17, 15) is 19.5 Å². The van der Waals surface area contributed by atoms with E-state index in [2.05, 4.69) is 5.10 Å².